The van der Waals surface area contributed by atoms with Crippen molar-refractivity contribution in [2.24, 2.45) is 0 Å². The number of pyridine rings is 1. The fraction of sp³-hybridized carbons (Fsp3) is 0.214. The maximum Gasteiger partial charge on any atom is 0.165 e. The largest absolute Gasteiger partial charge is 0.399 e. The number of hydrogen-bond acceptors (Lipinski definition) is 3. The van der Waals surface area contributed by atoms with Gasteiger partial charge in [-0.25, -0.2) is 9.37 Å². The number of nitrogens with two attached hydrogens (primary N) is 1. The zero-order chi connectivity index (χ0) is 13.0. The molecule has 0 spiro atoms. The van der Waals surface area contributed by atoms with E-state index in [4.69, 9.17) is 5.73 Å². The molecular weight excluding hydrogens is 229 g/mol. The zero-order valence-corrected chi connectivity index (χ0v) is 10.3. The van der Waals surface area contributed by atoms with Gasteiger partial charge in [-0.2, -0.15) is 0 Å². The lowest BCUT2D eigenvalue weighted by Crippen LogP contribution is -2.24. The molecule has 1 heterocycles. The SMILES string of the molecule is CCN(Cc1ccc(N)cc1)c1ncccc1F. The van der Waals surface area contributed by atoms with Crippen LogP contribution in [0.2, 0.25) is 0 Å². The van der Waals surface area contributed by atoms with Crippen molar-refractivity contribution in [3.8, 4) is 0 Å². The highest BCUT2D eigenvalue weighted by Crippen LogP contribution is 2.18. The smallest absolute Gasteiger partial charge is 0.165 e. The van der Waals surface area contributed by atoms with E-state index in [-0.39, 0.29) is 5.82 Å². The monoisotopic (exact) mass is 245 g/mol. The Labute approximate surface area is 106 Å². The van der Waals surface area contributed by atoms with Gasteiger partial charge in [0.1, 0.15) is 0 Å². The van der Waals surface area contributed by atoms with E-state index in [1.54, 1.807) is 12.3 Å². The molecule has 0 aliphatic rings. The molecule has 0 radical (unpaired) electrons. The van der Waals surface area contributed by atoms with Gasteiger partial charge in [-0.3, -0.25) is 0 Å². The number of aromatic nitrogens is 1. The predicted octanol–water partition coefficient (Wildman–Crippen LogP) is 2.83. The number of hydrogen-bond donors (Lipinski definition) is 1. The number of nitrogens with zero attached hydrogens (tertiary/aromatic N) is 2. The predicted molar refractivity (Wildman–Crippen MR) is 71.8 cm³/mol. The maximum absolute atomic E-state index is 13.7. The van der Waals surface area contributed by atoms with Crippen molar-refractivity contribution in [1.29, 1.82) is 0 Å². The number of nitrogen functional groups attached to an aromatic ring is 1. The van der Waals surface area contributed by atoms with Crippen LogP contribution in [0.4, 0.5) is 15.9 Å². The summed E-state index contributed by atoms with van der Waals surface area (Å²) in [6.07, 6.45) is 1.60. The van der Waals surface area contributed by atoms with E-state index in [0.29, 0.717) is 18.9 Å². The first kappa shape index (κ1) is 12.4. The number of rotatable bonds is 4. The lowest BCUT2D eigenvalue weighted by molar-refractivity contribution is 0.609. The van der Waals surface area contributed by atoms with Crippen molar-refractivity contribution < 1.29 is 4.39 Å². The van der Waals surface area contributed by atoms with E-state index in [9.17, 15) is 4.39 Å². The highest BCUT2D eigenvalue weighted by Gasteiger charge is 2.11. The van der Waals surface area contributed by atoms with Crippen molar-refractivity contribution >= 4 is 11.5 Å². The molecule has 1 aromatic carbocycles. The Bertz CT molecular complexity index is 511. The fourth-order valence-electron chi connectivity index (χ4n) is 1.79. The topological polar surface area (TPSA) is 42.1 Å². The van der Waals surface area contributed by atoms with Crippen LogP contribution in [-0.4, -0.2) is 11.5 Å². The molecule has 0 unspecified atom stereocenters. The van der Waals surface area contributed by atoms with Gasteiger partial charge in [0.15, 0.2) is 11.6 Å². The molecule has 2 N–H and O–H groups in total. The van der Waals surface area contributed by atoms with Gasteiger partial charge in [0.25, 0.3) is 0 Å². The molecule has 2 aromatic rings. The van der Waals surface area contributed by atoms with E-state index in [1.807, 2.05) is 36.1 Å². The molecule has 0 atom stereocenters. The lowest BCUT2D eigenvalue weighted by Gasteiger charge is -2.22. The Hall–Kier alpha value is -2.10. The van der Waals surface area contributed by atoms with Crippen LogP contribution in [-0.2, 0) is 6.54 Å². The molecule has 3 nitrogen and oxygen atoms in total. The summed E-state index contributed by atoms with van der Waals surface area (Å²) in [5, 5.41) is 0. The maximum atomic E-state index is 13.7. The van der Waals surface area contributed by atoms with E-state index in [1.165, 1.54) is 6.07 Å². The minimum absolute atomic E-state index is 0.296. The molecule has 18 heavy (non-hydrogen) atoms. The molecule has 0 amide bonds. The number of benzene rings is 1. The van der Waals surface area contributed by atoms with Crippen LogP contribution in [0.1, 0.15) is 12.5 Å². The van der Waals surface area contributed by atoms with Gasteiger partial charge in [0.2, 0.25) is 0 Å². The summed E-state index contributed by atoms with van der Waals surface area (Å²) < 4.78 is 13.7. The summed E-state index contributed by atoms with van der Waals surface area (Å²) >= 11 is 0. The molecular formula is C14H16FN3. The van der Waals surface area contributed by atoms with Gasteiger partial charge in [-0.05, 0) is 36.8 Å². The van der Waals surface area contributed by atoms with Crippen molar-refractivity contribution in [1.82, 2.24) is 4.98 Å². The van der Waals surface area contributed by atoms with E-state index in [0.717, 1.165) is 11.3 Å². The van der Waals surface area contributed by atoms with Crippen LogP contribution < -0.4 is 10.6 Å². The average molecular weight is 245 g/mol. The van der Waals surface area contributed by atoms with Crippen LogP contribution >= 0.6 is 0 Å². The summed E-state index contributed by atoms with van der Waals surface area (Å²) in [5.41, 5.74) is 7.45. The van der Waals surface area contributed by atoms with Gasteiger partial charge >= 0.3 is 0 Å². The van der Waals surface area contributed by atoms with Crippen molar-refractivity contribution in [3.63, 3.8) is 0 Å². The summed E-state index contributed by atoms with van der Waals surface area (Å²) in [6.45, 7) is 3.29. The molecule has 0 bridgehead atoms. The highest BCUT2D eigenvalue weighted by molar-refractivity contribution is 5.43. The summed E-state index contributed by atoms with van der Waals surface area (Å²) in [4.78, 5) is 5.98. The second-order valence-electron chi connectivity index (χ2n) is 4.06. The van der Waals surface area contributed by atoms with Gasteiger partial charge in [-0.15, -0.1) is 0 Å². The third-order valence-electron chi connectivity index (χ3n) is 2.77. The first-order chi connectivity index (χ1) is 8.70. The Morgan fingerprint density at radius 2 is 1.94 bits per heavy atom. The minimum Gasteiger partial charge on any atom is -0.399 e. The number of anilines is 2. The van der Waals surface area contributed by atoms with Crippen molar-refractivity contribution in [3.05, 3.63) is 54.0 Å². The van der Waals surface area contributed by atoms with Gasteiger partial charge < -0.3 is 10.6 Å². The Morgan fingerprint density at radius 1 is 1.22 bits per heavy atom. The second kappa shape index (κ2) is 5.49. The molecule has 0 aliphatic heterocycles. The van der Waals surface area contributed by atoms with E-state index >= 15 is 0 Å². The van der Waals surface area contributed by atoms with E-state index in [2.05, 4.69) is 4.98 Å². The van der Waals surface area contributed by atoms with Crippen LogP contribution in [0.5, 0.6) is 0 Å². The third kappa shape index (κ3) is 2.77. The van der Waals surface area contributed by atoms with Crippen LogP contribution in [0, 0.1) is 5.82 Å². The zero-order valence-electron chi connectivity index (χ0n) is 10.3. The van der Waals surface area contributed by atoms with Crippen LogP contribution in [0.25, 0.3) is 0 Å². The third-order valence-corrected chi connectivity index (χ3v) is 2.77. The Kier molecular flexibility index (Phi) is 3.77. The molecule has 0 aliphatic carbocycles. The molecule has 0 saturated heterocycles. The van der Waals surface area contributed by atoms with Crippen LogP contribution in [0.3, 0.4) is 0 Å². The Balaban J connectivity index is 2.20. The highest BCUT2D eigenvalue weighted by atomic mass is 19.1. The quantitative estimate of drug-likeness (QED) is 0.842. The summed E-state index contributed by atoms with van der Waals surface area (Å²) in [7, 11) is 0. The molecule has 94 valence electrons. The average Bonchev–Trinajstić information content (AvgIpc) is 2.39. The van der Waals surface area contributed by atoms with Crippen LogP contribution in [0.15, 0.2) is 42.6 Å². The van der Waals surface area contributed by atoms with Crippen molar-refractivity contribution in [2.45, 2.75) is 13.5 Å². The van der Waals surface area contributed by atoms with Crippen molar-refractivity contribution in [2.75, 3.05) is 17.2 Å². The molecule has 0 fully saturated rings. The molecule has 0 saturated carbocycles. The Morgan fingerprint density at radius 3 is 2.56 bits per heavy atom. The summed E-state index contributed by atoms with van der Waals surface area (Å²) in [5.74, 6) is 0.0895. The van der Waals surface area contributed by atoms with Gasteiger partial charge in [0.05, 0.1) is 0 Å². The molecule has 4 heteroatoms. The second-order valence-corrected chi connectivity index (χ2v) is 4.06. The number of halogens is 1. The lowest BCUT2D eigenvalue weighted by atomic mass is 10.2. The fourth-order valence-corrected chi connectivity index (χ4v) is 1.79. The molecule has 1 aromatic heterocycles. The first-order valence-corrected chi connectivity index (χ1v) is 5.90. The van der Waals surface area contributed by atoms with Gasteiger partial charge in [0, 0.05) is 25.0 Å². The first-order valence-electron chi connectivity index (χ1n) is 5.90. The molecule has 2 rings (SSSR count). The minimum atomic E-state index is -0.296. The summed E-state index contributed by atoms with van der Waals surface area (Å²) in [6, 6.07) is 10.6. The van der Waals surface area contributed by atoms with E-state index < -0.39 is 0 Å². The standard InChI is InChI=1S/C14H16FN3/c1-2-18(14-13(15)4-3-9-17-14)10-11-5-7-12(16)8-6-11/h3-9H,2,10,16H2,1H3. The normalized spacial score (nSPS) is 10.3. The van der Waals surface area contributed by atoms with Gasteiger partial charge in [-0.1, -0.05) is 12.1 Å².